The first kappa shape index (κ1) is 20.2. The van der Waals surface area contributed by atoms with Gasteiger partial charge < -0.3 is 10.6 Å². The third-order valence-electron chi connectivity index (χ3n) is 4.86. The van der Waals surface area contributed by atoms with Crippen molar-refractivity contribution in [1.82, 2.24) is 20.3 Å². The maximum atomic E-state index is 14.4. The highest BCUT2D eigenvalue weighted by Crippen LogP contribution is 2.43. The fourth-order valence-corrected chi connectivity index (χ4v) is 3.30. The van der Waals surface area contributed by atoms with Crippen LogP contribution in [0.5, 0.6) is 0 Å². The summed E-state index contributed by atoms with van der Waals surface area (Å²) in [5.74, 6) is 0.471. The first-order valence-corrected chi connectivity index (χ1v) is 10.3. The van der Waals surface area contributed by atoms with Gasteiger partial charge in [-0.2, -0.15) is 0 Å². The quantitative estimate of drug-likeness (QED) is 0.551. The average molecular weight is 426 g/mol. The van der Waals surface area contributed by atoms with Crippen molar-refractivity contribution in [1.29, 1.82) is 0 Å². The molecule has 8 heteroatoms. The van der Waals surface area contributed by atoms with Crippen LogP contribution in [0.1, 0.15) is 48.0 Å². The van der Waals surface area contributed by atoms with Gasteiger partial charge in [0.25, 0.3) is 5.91 Å². The van der Waals surface area contributed by atoms with Crippen LogP contribution >= 0.6 is 11.6 Å². The summed E-state index contributed by atoms with van der Waals surface area (Å²) < 4.78 is 14.4. The molecule has 0 bridgehead atoms. The van der Waals surface area contributed by atoms with Gasteiger partial charge in [-0.25, -0.2) is 14.4 Å². The fraction of sp³-hybridized carbons (Fsp3) is 0.273. The van der Waals surface area contributed by atoms with E-state index in [0.29, 0.717) is 34.6 Å². The van der Waals surface area contributed by atoms with E-state index in [2.05, 4.69) is 25.6 Å². The van der Waals surface area contributed by atoms with Crippen LogP contribution in [0.4, 0.5) is 15.9 Å². The molecule has 2 aromatic heterocycles. The number of pyridine rings is 1. The van der Waals surface area contributed by atoms with Gasteiger partial charge in [-0.1, -0.05) is 18.5 Å². The van der Waals surface area contributed by atoms with Gasteiger partial charge in [-0.15, -0.1) is 0 Å². The number of carbonyl (C=O) groups is 1. The zero-order chi connectivity index (χ0) is 21.1. The smallest absolute Gasteiger partial charge is 0.254 e. The second-order valence-corrected chi connectivity index (χ2v) is 7.63. The Morgan fingerprint density at radius 1 is 1.27 bits per heavy atom. The number of halogens is 2. The lowest BCUT2D eigenvalue weighted by molar-refractivity contribution is 0.0954. The third kappa shape index (κ3) is 4.41. The van der Waals surface area contributed by atoms with E-state index in [1.807, 2.05) is 6.92 Å². The standard InChI is InChI=1S/C22H21ClFN5O/c1-2-8-26-22(30)17-11-25-9-7-19(17)28-21-16(13-3-4-13)12-27-20(29-21)15-10-14(23)5-6-18(15)24/h5-7,9-13H,2-4,8H2,1H3,(H,26,30)(H,25,27,28,29). The fourth-order valence-electron chi connectivity index (χ4n) is 3.13. The molecule has 4 rings (SSSR count). The molecule has 1 aliphatic carbocycles. The summed E-state index contributed by atoms with van der Waals surface area (Å²) in [5, 5.41) is 6.52. The molecule has 1 aliphatic rings. The number of aromatic nitrogens is 3. The van der Waals surface area contributed by atoms with Crippen molar-refractivity contribution >= 4 is 29.0 Å². The number of anilines is 2. The molecular formula is C22H21ClFN5O. The zero-order valence-corrected chi connectivity index (χ0v) is 17.2. The van der Waals surface area contributed by atoms with Crippen LogP contribution in [0.15, 0.2) is 42.9 Å². The van der Waals surface area contributed by atoms with Crippen LogP contribution in [0.25, 0.3) is 11.4 Å². The predicted molar refractivity (Wildman–Crippen MR) is 115 cm³/mol. The van der Waals surface area contributed by atoms with E-state index < -0.39 is 5.82 Å². The number of nitrogens with zero attached hydrogens (tertiary/aromatic N) is 3. The lowest BCUT2D eigenvalue weighted by Crippen LogP contribution is -2.25. The molecule has 3 aromatic rings. The molecular weight excluding hydrogens is 405 g/mol. The minimum absolute atomic E-state index is 0.212. The summed E-state index contributed by atoms with van der Waals surface area (Å²) in [6.07, 6.45) is 7.77. The molecule has 30 heavy (non-hydrogen) atoms. The monoisotopic (exact) mass is 425 g/mol. The molecule has 0 aliphatic heterocycles. The average Bonchev–Trinajstić information content (AvgIpc) is 3.59. The van der Waals surface area contributed by atoms with Gasteiger partial charge in [0.15, 0.2) is 5.82 Å². The number of amides is 1. The Labute approximate surface area is 178 Å². The van der Waals surface area contributed by atoms with Crippen molar-refractivity contribution in [2.24, 2.45) is 0 Å². The minimum Gasteiger partial charge on any atom is -0.352 e. The molecule has 1 saturated carbocycles. The van der Waals surface area contributed by atoms with Crippen LogP contribution < -0.4 is 10.6 Å². The maximum absolute atomic E-state index is 14.4. The largest absolute Gasteiger partial charge is 0.352 e. The van der Waals surface area contributed by atoms with Gasteiger partial charge in [-0.3, -0.25) is 9.78 Å². The van der Waals surface area contributed by atoms with Crippen LogP contribution in [-0.2, 0) is 0 Å². The van der Waals surface area contributed by atoms with E-state index >= 15 is 0 Å². The number of benzene rings is 1. The van der Waals surface area contributed by atoms with Crippen molar-refractivity contribution in [3.05, 3.63) is 64.8 Å². The summed E-state index contributed by atoms with van der Waals surface area (Å²) in [6.45, 7) is 2.56. The number of hydrogen-bond acceptors (Lipinski definition) is 5. The predicted octanol–water partition coefficient (Wildman–Crippen LogP) is 5.09. The Hall–Kier alpha value is -3.06. The topological polar surface area (TPSA) is 79.8 Å². The molecule has 1 amide bonds. The Bertz CT molecular complexity index is 1090. The number of nitrogens with one attached hydrogen (secondary N) is 2. The van der Waals surface area contributed by atoms with Gasteiger partial charge in [0.2, 0.25) is 0 Å². The summed E-state index contributed by atoms with van der Waals surface area (Å²) >= 11 is 6.04. The minimum atomic E-state index is -0.451. The summed E-state index contributed by atoms with van der Waals surface area (Å²) in [7, 11) is 0. The highest BCUT2D eigenvalue weighted by molar-refractivity contribution is 6.30. The Morgan fingerprint density at radius 3 is 2.87 bits per heavy atom. The molecule has 1 aromatic carbocycles. The molecule has 0 unspecified atom stereocenters. The van der Waals surface area contributed by atoms with E-state index in [1.165, 1.54) is 24.4 Å². The highest BCUT2D eigenvalue weighted by atomic mass is 35.5. The second kappa shape index (κ2) is 8.75. The first-order chi connectivity index (χ1) is 14.6. The Balaban J connectivity index is 1.72. The Kier molecular flexibility index (Phi) is 5.90. The van der Waals surface area contributed by atoms with Gasteiger partial charge in [0, 0.05) is 35.7 Å². The van der Waals surface area contributed by atoms with Crippen LogP contribution in [0.2, 0.25) is 5.02 Å². The van der Waals surface area contributed by atoms with Gasteiger partial charge >= 0.3 is 0 Å². The Morgan fingerprint density at radius 2 is 2.10 bits per heavy atom. The van der Waals surface area contributed by atoms with Crippen molar-refractivity contribution in [2.75, 3.05) is 11.9 Å². The first-order valence-electron chi connectivity index (χ1n) is 9.88. The van der Waals surface area contributed by atoms with Crippen molar-refractivity contribution < 1.29 is 9.18 Å². The SMILES string of the molecule is CCCNC(=O)c1cnccc1Nc1nc(-c2cc(Cl)ccc2F)ncc1C1CC1. The van der Waals surface area contributed by atoms with E-state index in [4.69, 9.17) is 11.6 Å². The molecule has 2 heterocycles. The molecule has 0 atom stereocenters. The second-order valence-electron chi connectivity index (χ2n) is 7.20. The third-order valence-corrected chi connectivity index (χ3v) is 5.09. The lowest BCUT2D eigenvalue weighted by atomic mass is 10.1. The molecule has 1 fully saturated rings. The summed E-state index contributed by atoms with van der Waals surface area (Å²) in [4.78, 5) is 25.6. The number of rotatable bonds is 7. The number of hydrogen-bond donors (Lipinski definition) is 2. The normalized spacial score (nSPS) is 13.2. The van der Waals surface area contributed by atoms with Crippen molar-refractivity contribution in [2.45, 2.75) is 32.1 Å². The molecule has 6 nitrogen and oxygen atoms in total. The van der Waals surface area contributed by atoms with Gasteiger partial charge in [0.05, 0.1) is 16.8 Å². The van der Waals surface area contributed by atoms with Crippen molar-refractivity contribution in [3.63, 3.8) is 0 Å². The van der Waals surface area contributed by atoms with E-state index in [-0.39, 0.29) is 17.3 Å². The highest BCUT2D eigenvalue weighted by Gasteiger charge is 2.28. The molecule has 0 radical (unpaired) electrons. The van der Waals surface area contributed by atoms with Gasteiger partial charge in [0.1, 0.15) is 11.6 Å². The van der Waals surface area contributed by atoms with Crippen LogP contribution in [-0.4, -0.2) is 27.4 Å². The summed E-state index contributed by atoms with van der Waals surface area (Å²) in [5.41, 5.74) is 2.17. The molecule has 0 spiro atoms. The van der Waals surface area contributed by atoms with Crippen molar-refractivity contribution in [3.8, 4) is 11.4 Å². The zero-order valence-electron chi connectivity index (χ0n) is 16.5. The van der Waals surface area contributed by atoms with E-state index in [9.17, 15) is 9.18 Å². The number of carbonyl (C=O) groups excluding carboxylic acids is 1. The summed E-state index contributed by atoms with van der Waals surface area (Å²) in [6, 6.07) is 6.00. The van der Waals surface area contributed by atoms with Gasteiger partial charge in [-0.05, 0) is 49.4 Å². The molecule has 0 saturated heterocycles. The van der Waals surface area contributed by atoms with E-state index in [0.717, 1.165) is 24.8 Å². The molecule has 2 N–H and O–H groups in total. The van der Waals surface area contributed by atoms with Crippen LogP contribution in [0, 0.1) is 5.82 Å². The van der Waals surface area contributed by atoms with E-state index in [1.54, 1.807) is 18.5 Å². The van der Waals surface area contributed by atoms with Crippen LogP contribution in [0.3, 0.4) is 0 Å². The molecule has 154 valence electrons. The maximum Gasteiger partial charge on any atom is 0.254 e. The lowest BCUT2D eigenvalue weighted by Gasteiger charge is -2.15.